The van der Waals surface area contributed by atoms with Crippen molar-refractivity contribution >= 4 is 22.6 Å². The molecular formula is C24H19F4N3O4. The molecule has 3 aromatic carbocycles. The van der Waals surface area contributed by atoms with Gasteiger partial charge in [0.15, 0.2) is 11.5 Å². The van der Waals surface area contributed by atoms with Crippen molar-refractivity contribution < 1.29 is 32.2 Å². The molecule has 7 nitrogen and oxygen atoms in total. The fourth-order valence-electron chi connectivity index (χ4n) is 3.82. The van der Waals surface area contributed by atoms with Crippen molar-refractivity contribution in [3.63, 3.8) is 0 Å². The summed E-state index contributed by atoms with van der Waals surface area (Å²) in [5.74, 6) is -1.36. The van der Waals surface area contributed by atoms with Crippen LogP contribution in [0.4, 0.5) is 23.2 Å². The fraction of sp³-hybridized carbons (Fsp3) is 0.167. The van der Waals surface area contributed by atoms with Gasteiger partial charge in [0.05, 0.1) is 23.7 Å². The first kappa shape index (κ1) is 23.9. The Morgan fingerprint density at radius 3 is 2.40 bits per heavy atom. The number of aryl methyl sites for hydroxylation is 1. The largest absolute Gasteiger partial charge is 0.504 e. The molecular weight excluding hydrogens is 470 g/mol. The van der Waals surface area contributed by atoms with Crippen LogP contribution in [-0.2, 0) is 24.6 Å². The van der Waals surface area contributed by atoms with Gasteiger partial charge in [-0.2, -0.15) is 13.2 Å². The molecule has 1 heterocycles. The Morgan fingerprint density at radius 1 is 1.09 bits per heavy atom. The summed E-state index contributed by atoms with van der Waals surface area (Å²) in [7, 11) is 2.68. The quantitative estimate of drug-likeness (QED) is 0.404. The second kappa shape index (κ2) is 8.82. The number of imidazole rings is 1. The Bertz CT molecular complexity index is 1490. The number of anilines is 1. The molecule has 0 aliphatic heterocycles. The Hall–Kier alpha value is -4.28. The normalized spacial score (nSPS) is 11.6. The number of nitrogens with one attached hydrogen (secondary N) is 1. The fourth-order valence-corrected chi connectivity index (χ4v) is 3.82. The number of methoxy groups -OCH3 is 1. The van der Waals surface area contributed by atoms with E-state index >= 15 is 0 Å². The van der Waals surface area contributed by atoms with Crippen LogP contribution in [-0.4, -0.2) is 27.3 Å². The number of hydrogen-bond acceptors (Lipinski definition) is 4. The maximum absolute atomic E-state index is 13.8. The van der Waals surface area contributed by atoms with Crippen LogP contribution in [0.3, 0.4) is 0 Å². The van der Waals surface area contributed by atoms with E-state index in [-0.39, 0.29) is 39.3 Å². The summed E-state index contributed by atoms with van der Waals surface area (Å²) < 4.78 is 61.6. The maximum atomic E-state index is 13.8. The number of rotatable bonds is 5. The van der Waals surface area contributed by atoms with Gasteiger partial charge in [-0.25, -0.2) is 9.18 Å². The third kappa shape index (κ3) is 4.57. The topological polar surface area (TPSA) is 85.5 Å². The Labute approximate surface area is 195 Å². The molecule has 4 rings (SSSR count). The zero-order valence-corrected chi connectivity index (χ0v) is 18.5. The molecule has 2 N–H and O–H groups in total. The Morgan fingerprint density at radius 2 is 1.77 bits per heavy atom. The molecule has 0 atom stereocenters. The summed E-state index contributed by atoms with van der Waals surface area (Å²) in [4.78, 5) is 25.6. The highest BCUT2D eigenvalue weighted by atomic mass is 19.4. The van der Waals surface area contributed by atoms with Crippen molar-refractivity contribution in [1.29, 1.82) is 0 Å². The van der Waals surface area contributed by atoms with Gasteiger partial charge in [-0.1, -0.05) is 6.07 Å². The van der Waals surface area contributed by atoms with Crippen LogP contribution in [0.1, 0.15) is 5.56 Å². The third-order valence-corrected chi connectivity index (χ3v) is 5.48. The minimum atomic E-state index is -4.74. The molecule has 0 fully saturated rings. The van der Waals surface area contributed by atoms with Crippen molar-refractivity contribution in [3.05, 3.63) is 76.5 Å². The van der Waals surface area contributed by atoms with Crippen LogP contribution >= 0.6 is 0 Å². The maximum Gasteiger partial charge on any atom is 0.416 e. The van der Waals surface area contributed by atoms with E-state index in [0.29, 0.717) is 0 Å². The Kier molecular flexibility index (Phi) is 6.01. The number of benzene rings is 3. The average Bonchev–Trinajstić information content (AvgIpc) is 3.04. The third-order valence-electron chi connectivity index (χ3n) is 5.48. The molecule has 182 valence electrons. The Balaban J connectivity index is 1.88. The summed E-state index contributed by atoms with van der Waals surface area (Å²) in [5.41, 5.74) is -1.10. The lowest BCUT2D eigenvalue weighted by Gasteiger charge is -2.14. The van der Waals surface area contributed by atoms with Gasteiger partial charge in [0.25, 0.3) is 0 Å². The van der Waals surface area contributed by atoms with Gasteiger partial charge < -0.3 is 15.2 Å². The number of halogens is 4. The number of aromatic nitrogens is 2. The van der Waals surface area contributed by atoms with E-state index in [1.54, 1.807) is 0 Å². The number of aromatic hydroxyl groups is 1. The van der Waals surface area contributed by atoms with E-state index in [9.17, 15) is 32.3 Å². The standard InChI is InChI=1S/C24H19F4N3O4/c1-30-22-17(13-3-8-19(32)20(9-13)35-2)10-14(24(26,27)28)11-18(22)31(23(30)34)12-21(33)29-16-6-4-15(25)5-7-16/h3-11,32H,12H2,1-2H3,(H,29,33). The summed E-state index contributed by atoms with van der Waals surface area (Å²) >= 11 is 0. The molecule has 0 aliphatic rings. The highest BCUT2D eigenvalue weighted by Gasteiger charge is 2.33. The van der Waals surface area contributed by atoms with Gasteiger partial charge in [-0.3, -0.25) is 13.9 Å². The van der Waals surface area contributed by atoms with Gasteiger partial charge in [0, 0.05) is 18.3 Å². The van der Waals surface area contributed by atoms with Crippen LogP contribution in [0.25, 0.3) is 22.2 Å². The van der Waals surface area contributed by atoms with Crippen molar-refractivity contribution in [2.24, 2.45) is 7.05 Å². The zero-order chi connectivity index (χ0) is 25.5. The second-order valence-electron chi connectivity index (χ2n) is 7.76. The van der Waals surface area contributed by atoms with Crippen molar-refractivity contribution in [2.75, 3.05) is 12.4 Å². The number of phenols is 1. The lowest BCUT2D eigenvalue weighted by atomic mass is 10.00. The monoisotopic (exact) mass is 489 g/mol. The van der Waals surface area contributed by atoms with Crippen LogP contribution in [0.2, 0.25) is 0 Å². The molecule has 11 heteroatoms. The molecule has 0 saturated heterocycles. The molecule has 0 spiro atoms. The first-order chi connectivity index (χ1) is 16.5. The first-order valence-corrected chi connectivity index (χ1v) is 10.2. The average molecular weight is 489 g/mol. The minimum Gasteiger partial charge on any atom is -0.504 e. The van der Waals surface area contributed by atoms with Gasteiger partial charge in [-0.15, -0.1) is 0 Å². The predicted molar refractivity (Wildman–Crippen MR) is 121 cm³/mol. The number of ether oxygens (including phenoxy) is 1. The summed E-state index contributed by atoms with van der Waals surface area (Å²) in [6.45, 7) is -0.576. The van der Waals surface area contributed by atoms with Crippen molar-refractivity contribution in [3.8, 4) is 22.6 Å². The molecule has 35 heavy (non-hydrogen) atoms. The molecule has 0 aliphatic carbocycles. The van der Waals surface area contributed by atoms with E-state index in [2.05, 4.69) is 5.32 Å². The second-order valence-corrected chi connectivity index (χ2v) is 7.76. The molecule has 0 unspecified atom stereocenters. The molecule has 1 amide bonds. The van der Waals surface area contributed by atoms with Crippen molar-refractivity contribution in [2.45, 2.75) is 12.7 Å². The van der Waals surface area contributed by atoms with E-state index in [1.807, 2.05) is 0 Å². The van der Waals surface area contributed by atoms with Gasteiger partial charge >= 0.3 is 11.9 Å². The molecule has 0 bridgehead atoms. The molecule has 1 aromatic heterocycles. The molecule has 4 aromatic rings. The number of amides is 1. The number of nitrogens with zero attached hydrogens (tertiary/aromatic N) is 2. The molecule has 0 saturated carbocycles. The van der Waals surface area contributed by atoms with Gasteiger partial charge in [-0.05, 0) is 54.1 Å². The lowest BCUT2D eigenvalue weighted by Crippen LogP contribution is -2.28. The SMILES string of the molecule is COc1cc(-c2cc(C(F)(F)F)cc3c2n(C)c(=O)n3CC(=O)Nc2ccc(F)cc2)ccc1O. The van der Waals surface area contributed by atoms with E-state index < -0.39 is 35.7 Å². The van der Waals surface area contributed by atoms with Gasteiger partial charge in [0.1, 0.15) is 12.4 Å². The van der Waals surface area contributed by atoms with E-state index in [4.69, 9.17) is 4.74 Å². The van der Waals surface area contributed by atoms with Crippen LogP contribution in [0.5, 0.6) is 11.5 Å². The lowest BCUT2D eigenvalue weighted by molar-refractivity contribution is -0.137. The summed E-state index contributed by atoms with van der Waals surface area (Å²) in [6.07, 6.45) is -4.74. The number of hydrogen-bond donors (Lipinski definition) is 2. The number of carbonyl (C=O) groups excluding carboxylic acids is 1. The highest BCUT2D eigenvalue weighted by Crippen LogP contribution is 2.39. The summed E-state index contributed by atoms with van der Waals surface area (Å²) in [6, 6.07) is 10.6. The number of phenolic OH excluding ortho intramolecular Hbond substituents is 1. The smallest absolute Gasteiger partial charge is 0.416 e. The first-order valence-electron chi connectivity index (χ1n) is 10.2. The molecule has 0 radical (unpaired) electrons. The van der Waals surface area contributed by atoms with Crippen molar-refractivity contribution in [1.82, 2.24) is 9.13 Å². The van der Waals surface area contributed by atoms with Crippen LogP contribution in [0.15, 0.2) is 59.4 Å². The van der Waals surface area contributed by atoms with Crippen LogP contribution in [0, 0.1) is 5.82 Å². The van der Waals surface area contributed by atoms with E-state index in [1.165, 1.54) is 44.5 Å². The zero-order valence-electron chi connectivity index (χ0n) is 18.5. The summed E-state index contributed by atoms with van der Waals surface area (Å²) in [5, 5.41) is 12.4. The number of alkyl halides is 3. The predicted octanol–water partition coefficient (Wildman–Crippen LogP) is 4.52. The highest BCUT2D eigenvalue weighted by molar-refractivity contribution is 5.96. The van der Waals surface area contributed by atoms with Gasteiger partial charge in [0.2, 0.25) is 5.91 Å². The number of carbonyl (C=O) groups is 1. The van der Waals surface area contributed by atoms with E-state index in [0.717, 1.165) is 33.4 Å². The minimum absolute atomic E-state index is 0.0381. The van der Waals surface area contributed by atoms with Crippen LogP contribution < -0.4 is 15.7 Å². The number of fused-ring (bicyclic) bond motifs is 1.